The van der Waals surface area contributed by atoms with Gasteiger partial charge in [-0.25, -0.2) is 4.39 Å². The lowest BCUT2D eigenvalue weighted by Gasteiger charge is -2.09. The molecule has 0 aliphatic heterocycles. The fraction of sp³-hybridized carbons (Fsp3) is 0.538. The SMILES string of the molecule is NC(CCCc1ccc(Cl)c(F)c1)C1CC1. The third-order valence-electron chi connectivity index (χ3n) is 3.21. The van der Waals surface area contributed by atoms with Crippen molar-refractivity contribution in [3.8, 4) is 0 Å². The summed E-state index contributed by atoms with van der Waals surface area (Å²) in [7, 11) is 0. The number of benzene rings is 1. The molecule has 1 aromatic rings. The molecule has 3 heteroatoms. The molecule has 1 aliphatic carbocycles. The Morgan fingerprint density at radius 2 is 2.19 bits per heavy atom. The van der Waals surface area contributed by atoms with Gasteiger partial charge in [0.05, 0.1) is 5.02 Å². The molecule has 1 unspecified atom stereocenters. The van der Waals surface area contributed by atoms with Gasteiger partial charge in [0.2, 0.25) is 0 Å². The van der Waals surface area contributed by atoms with Crippen LogP contribution in [0.3, 0.4) is 0 Å². The van der Waals surface area contributed by atoms with Crippen molar-refractivity contribution in [3.05, 3.63) is 34.6 Å². The van der Waals surface area contributed by atoms with Crippen LogP contribution in [0.1, 0.15) is 31.2 Å². The molecule has 2 N–H and O–H groups in total. The predicted octanol–water partition coefficient (Wildman–Crippen LogP) is 3.54. The van der Waals surface area contributed by atoms with Gasteiger partial charge in [0.25, 0.3) is 0 Å². The summed E-state index contributed by atoms with van der Waals surface area (Å²) in [5, 5.41) is 0.193. The maximum absolute atomic E-state index is 13.1. The fourth-order valence-electron chi connectivity index (χ4n) is 2.00. The van der Waals surface area contributed by atoms with Crippen LogP contribution in [0.2, 0.25) is 5.02 Å². The fourth-order valence-corrected chi connectivity index (χ4v) is 2.11. The zero-order valence-electron chi connectivity index (χ0n) is 9.26. The van der Waals surface area contributed by atoms with Gasteiger partial charge in [-0.15, -0.1) is 0 Å². The third-order valence-corrected chi connectivity index (χ3v) is 3.52. The molecule has 1 aromatic carbocycles. The van der Waals surface area contributed by atoms with E-state index >= 15 is 0 Å². The van der Waals surface area contributed by atoms with Crippen molar-refractivity contribution in [3.63, 3.8) is 0 Å². The quantitative estimate of drug-likeness (QED) is 0.839. The zero-order chi connectivity index (χ0) is 11.5. The minimum atomic E-state index is -0.328. The predicted molar refractivity (Wildman–Crippen MR) is 65.0 cm³/mol. The first kappa shape index (κ1) is 11.9. The molecule has 0 bridgehead atoms. The molecule has 0 amide bonds. The number of nitrogens with two attached hydrogens (primary N) is 1. The Balaban J connectivity index is 1.78. The number of aryl methyl sites for hydroxylation is 1. The highest BCUT2D eigenvalue weighted by atomic mass is 35.5. The van der Waals surface area contributed by atoms with E-state index in [1.807, 2.05) is 6.07 Å². The van der Waals surface area contributed by atoms with Crippen LogP contribution in [0.4, 0.5) is 4.39 Å². The molecule has 0 heterocycles. The minimum Gasteiger partial charge on any atom is -0.327 e. The molecular formula is C13H17ClFN. The van der Waals surface area contributed by atoms with Gasteiger partial charge in [-0.3, -0.25) is 0 Å². The largest absolute Gasteiger partial charge is 0.327 e. The smallest absolute Gasteiger partial charge is 0.142 e. The second-order valence-corrected chi connectivity index (χ2v) is 5.05. The van der Waals surface area contributed by atoms with Gasteiger partial charge in [-0.05, 0) is 55.7 Å². The molecule has 2 rings (SSSR count). The van der Waals surface area contributed by atoms with E-state index in [4.69, 9.17) is 17.3 Å². The lowest BCUT2D eigenvalue weighted by atomic mass is 10.0. The highest BCUT2D eigenvalue weighted by Gasteiger charge is 2.27. The molecule has 88 valence electrons. The molecular weight excluding hydrogens is 225 g/mol. The molecule has 1 nitrogen and oxygen atoms in total. The number of rotatable bonds is 5. The average molecular weight is 242 g/mol. The van der Waals surface area contributed by atoms with E-state index in [-0.39, 0.29) is 10.8 Å². The first-order chi connectivity index (χ1) is 7.66. The lowest BCUT2D eigenvalue weighted by Crippen LogP contribution is -2.22. The van der Waals surface area contributed by atoms with Gasteiger partial charge < -0.3 is 5.73 Å². The Kier molecular flexibility index (Phi) is 3.82. The molecule has 1 saturated carbocycles. The average Bonchev–Trinajstić information content (AvgIpc) is 3.07. The maximum atomic E-state index is 13.1. The Hall–Kier alpha value is -0.600. The van der Waals surface area contributed by atoms with E-state index in [1.165, 1.54) is 18.9 Å². The molecule has 0 saturated heterocycles. The highest BCUT2D eigenvalue weighted by molar-refractivity contribution is 6.30. The van der Waals surface area contributed by atoms with Crippen molar-refractivity contribution >= 4 is 11.6 Å². The van der Waals surface area contributed by atoms with Crippen molar-refractivity contribution in [1.29, 1.82) is 0 Å². The van der Waals surface area contributed by atoms with Gasteiger partial charge in [-0.2, -0.15) is 0 Å². The summed E-state index contributed by atoms with van der Waals surface area (Å²) in [6.45, 7) is 0. The normalized spacial score (nSPS) is 17.4. The van der Waals surface area contributed by atoms with E-state index in [0.29, 0.717) is 6.04 Å². The van der Waals surface area contributed by atoms with Crippen LogP contribution < -0.4 is 5.73 Å². The van der Waals surface area contributed by atoms with Gasteiger partial charge in [-0.1, -0.05) is 17.7 Å². The second kappa shape index (κ2) is 5.15. The van der Waals surface area contributed by atoms with Gasteiger partial charge in [0.15, 0.2) is 0 Å². The Morgan fingerprint density at radius 1 is 1.44 bits per heavy atom. The standard InChI is InChI=1S/C13H17ClFN/c14-11-7-4-9(8-12(11)15)2-1-3-13(16)10-5-6-10/h4,7-8,10,13H,1-3,5-6,16H2. The molecule has 0 radical (unpaired) electrons. The summed E-state index contributed by atoms with van der Waals surface area (Å²) in [6.07, 6.45) is 5.52. The number of hydrogen-bond donors (Lipinski definition) is 1. The molecule has 1 atom stereocenters. The van der Waals surface area contributed by atoms with Crippen LogP contribution in [0.5, 0.6) is 0 Å². The monoisotopic (exact) mass is 241 g/mol. The van der Waals surface area contributed by atoms with E-state index in [9.17, 15) is 4.39 Å². The van der Waals surface area contributed by atoms with Crippen LogP contribution in [0, 0.1) is 11.7 Å². The zero-order valence-corrected chi connectivity index (χ0v) is 10.0. The summed E-state index contributed by atoms with van der Waals surface area (Å²) in [4.78, 5) is 0. The van der Waals surface area contributed by atoms with Crippen LogP contribution in [-0.4, -0.2) is 6.04 Å². The summed E-state index contributed by atoms with van der Waals surface area (Å²) in [5.74, 6) is 0.424. The Morgan fingerprint density at radius 3 is 2.81 bits per heavy atom. The summed E-state index contributed by atoms with van der Waals surface area (Å²) in [6, 6.07) is 5.36. The first-order valence-corrected chi connectivity index (χ1v) is 6.24. The maximum Gasteiger partial charge on any atom is 0.142 e. The van der Waals surface area contributed by atoms with Crippen LogP contribution >= 0.6 is 11.6 Å². The number of hydrogen-bond acceptors (Lipinski definition) is 1. The number of halogens is 2. The van der Waals surface area contributed by atoms with Crippen LogP contribution in [0.15, 0.2) is 18.2 Å². The van der Waals surface area contributed by atoms with E-state index in [2.05, 4.69) is 0 Å². The minimum absolute atomic E-state index is 0.193. The summed E-state index contributed by atoms with van der Waals surface area (Å²) < 4.78 is 13.1. The van der Waals surface area contributed by atoms with Crippen LogP contribution in [-0.2, 0) is 6.42 Å². The van der Waals surface area contributed by atoms with Crippen LogP contribution in [0.25, 0.3) is 0 Å². The third kappa shape index (κ3) is 3.19. The van der Waals surface area contributed by atoms with E-state index in [0.717, 1.165) is 30.7 Å². The molecule has 0 spiro atoms. The van der Waals surface area contributed by atoms with Gasteiger partial charge >= 0.3 is 0 Å². The molecule has 1 fully saturated rings. The van der Waals surface area contributed by atoms with Gasteiger partial charge in [0.1, 0.15) is 5.82 Å². The lowest BCUT2D eigenvalue weighted by molar-refractivity contribution is 0.528. The first-order valence-electron chi connectivity index (χ1n) is 5.86. The van der Waals surface area contributed by atoms with E-state index in [1.54, 1.807) is 6.07 Å². The van der Waals surface area contributed by atoms with Crippen molar-refractivity contribution in [2.24, 2.45) is 11.7 Å². The summed E-state index contributed by atoms with van der Waals surface area (Å²) in [5.41, 5.74) is 7.01. The Bertz CT molecular complexity index is 363. The second-order valence-electron chi connectivity index (χ2n) is 4.64. The van der Waals surface area contributed by atoms with Crippen molar-refractivity contribution < 1.29 is 4.39 Å². The van der Waals surface area contributed by atoms with Crippen molar-refractivity contribution in [2.45, 2.75) is 38.1 Å². The van der Waals surface area contributed by atoms with E-state index < -0.39 is 0 Å². The Labute approximate surface area is 101 Å². The van der Waals surface area contributed by atoms with Crippen molar-refractivity contribution in [2.75, 3.05) is 0 Å². The molecule has 16 heavy (non-hydrogen) atoms. The van der Waals surface area contributed by atoms with Gasteiger partial charge in [0, 0.05) is 6.04 Å². The highest BCUT2D eigenvalue weighted by Crippen LogP contribution is 2.33. The molecule has 1 aliphatic rings. The topological polar surface area (TPSA) is 26.0 Å². The van der Waals surface area contributed by atoms with Crippen molar-refractivity contribution in [1.82, 2.24) is 0 Å². The molecule has 0 aromatic heterocycles. The summed E-state index contributed by atoms with van der Waals surface area (Å²) >= 11 is 5.62.